The molecule has 2 N–H and O–H groups in total. The Bertz CT molecular complexity index is 1130. The monoisotopic (exact) mass is 469 g/mol. The van der Waals surface area contributed by atoms with E-state index in [2.05, 4.69) is 10.3 Å². The average molecular weight is 470 g/mol. The fourth-order valence-corrected chi connectivity index (χ4v) is 5.11. The van der Waals surface area contributed by atoms with Crippen molar-refractivity contribution in [1.29, 1.82) is 0 Å². The van der Waals surface area contributed by atoms with Crippen LogP contribution in [0.3, 0.4) is 0 Å². The van der Waals surface area contributed by atoms with E-state index >= 15 is 0 Å². The fourth-order valence-electron chi connectivity index (χ4n) is 3.99. The lowest BCUT2D eigenvalue weighted by Crippen LogP contribution is -2.46. The van der Waals surface area contributed by atoms with Crippen LogP contribution in [0, 0.1) is 13.8 Å². The topological polar surface area (TPSA) is 82.5 Å². The summed E-state index contributed by atoms with van der Waals surface area (Å²) in [6.45, 7) is 4.22. The maximum atomic E-state index is 13.1. The number of halogens is 1. The van der Waals surface area contributed by atoms with Crippen molar-refractivity contribution in [2.75, 3.05) is 6.54 Å². The standard InChI is InChI=1S/C24H24ClN3O3S/c1-14-4-3-5-19(25)21(14)24(31)28-12-18(29)10-20(28)23(30)26-11-16-6-8-17(9-7-16)22-15(2)27-13-32-22/h3-9,13,18,20,29H,10-12H2,1-2H3,(H,26,30)/t18-,20+/m1/s1. The number of carbonyl (C=O) groups is 2. The number of rotatable bonds is 5. The van der Waals surface area contributed by atoms with E-state index in [0.29, 0.717) is 17.1 Å². The summed E-state index contributed by atoms with van der Waals surface area (Å²) in [5.74, 6) is -0.629. The minimum Gasteiger partial charge on any atom is -0.391 e. The zero-order chi connectivity index (χ0) is 22.8. The van der Waals surface area contributed by atoms with E-state index in [-0.39, 0.29) is 24.8 Å². The SMILES string of the molecule is Cc1cccc(Cl)c1C(=O)N1C[C@H](O)C[C@H]1C(=O)NCc1ccc(-c2scnc2C)cc1. The smallest absolute Gasteiger partial charge is 0.256 e. The van der Waals surface area contributed by atoms with Crippen LogP contribution >= 0.6 is 22.9 Å². The molecular weight excluding hydrogens is 446 g/mol. The van der Waals surface area contributed by atoms with Crippen LogP contribution < -0.4 is 5.32 Å². The number of likely N-dealkylation sites (tertiary alicyclic amines) is 1. The second-order valence-electron chi connectivity index (χ2n) is 7.98. The molecule has 0 radical (unpaired) electrons. The van der Waals surface area contributed by atoms with E-state index in [0.717, 1.165) is 27.3 Å². The molecule has 1 aromatic heterocycles. The second kappa shape index (κ2) is 9.40. The summed E-state index contributed by atoms with van der Waals surface area (Å²) < 4.78 is 0. The molecule has 1 aliphatic rings. The van der Waals surface area contributed by atoms with Gasteiger partial charge in [-0.15, -0.1) is 11.3 Å². The number of benzene rings is 2. The Morgan fingerprint density at radius 1 is 1.22 bits per heavy atom. The molecule has 0 aliphatic carbocycles. The molecule has 32 heavy (non-hydrogen) atoms. The van der Waals surface area contributed by atoms with Gasteiger partial charge in [0.2, 0.25) is 5.91 Å². The first kappa shape index (κ1) is 22.5. The summed E-state index contributed by atoms with van der Waals surface area (Å²) in [6, 6.07) is 12.4. The van der Waals surface area contributed by atoms with Gasteiger partial charge in [-0.1, -0.05) is 48.0 Å². The lowest BCUT2D eigenvalue weighted by Gasteiger charge is -2.25. The van der Waals surface area contributed by atoms with Gasteiger partial charge >= 0.3 is 0 Å². The van der Waals surface area contributed by atoms with Crippen molar-refractivity contribution >= 4 is 34.8 Å². The van der Waals surface area contributed by atoms with Crippen molar-refractivity contribution in [3.05, 3.63) is 75.4 Å². The molecule has 8 heteroatoms. The van der Waals surface area contributed by atoms with Gasteiger partial charge in [-0.25, -0.2) is 4.98 Å². The van der Waals surface area contributed by atoms with E-state index in [1.54, 1.807) is 36.5 Å². The Labute approximate surface area is 195 Å². The van der Waals surface area contributed by atoms with Gasteiger partial charge in [-0.2, -0.15) is 0 Å². The minimum atomic E-state index is -0.751. The van der Waals surface area contributed by atoms with Crippen LogP contribution in [-0.2, 0) is 11.3 Å². The van der Waals surface area contributed by atoms with Gasteiger partial charge in [-0.05, 0) is 36.6 Å². The molecule has 0 unspecified atom stereocenters. The largest absolute Gasteiger partial charge is 0.391 e. The summed E-state index contributed by atoms with van der Waals surface area (Å²) in [7, 11) is 0. The molecule has 2 amide bonds. The third kappa shape index (κ3) is 4.55. The third-order valence-corrected chi connectivity index (χ3v) is 7.00. The molecule has 6 nitrogen and oxygen atoms in total. The summed E-state index contributed by atoms with van der Waals surface area (Å²) in [4.78, 5) is 32.9. The van der Waals surface area contributed by atoms with Crippen LogP contribution in [0.15, 0.2) is 48.0 Å². The second-order valence-corrected chi connectivity index (χ2v) is 9.24. The molecule has 2 aromatic carbocycles. The molecule has 2 atom stereocenters. The van der Waals surface area contributed by atoms with Crippen molar-refractivity contribution in [2.24, 2.45) is 0 Å². The Hall–Kier alpha value is -2.74. The fraction of sp³-hybridized carbons (Fsp3) is 0.292. The van der Waals surface area contributed by atoms with E-state index in [1.165, 1.54) is 4.90 Å². The molecule has 166 valence electrons. The molecule has 1 aliphatic heterocycles. The van der Waals surface area contributed by atoms with Gasteiger partial charge in [0.15, 0.2) is 0 Å². The Morgan fingerprint density at radius 2 is 1.97 bits per heavy atom. The molecule has 4 rings (SSSR count). The molecule has 2 heterocycles. The minimum absolute atomic E-state index is 0.102. The number of aromatic nitrogens is 1. The van der Waals surface area contributed by atoms with Crippen LogP contribution in [-0.4, -0.2) is 45.5 Å². The number of aliphatic hydroxyl groups excluding tert-OH is 1. The third-order valence-electron chi connectivity index (χ3n) is 5.71. The van der Waals surface area contributed by atoms with E-state index in [1.807, 2.05) is 36.7 Å². The molecule has 0 spiro atoms. The highest BCUT2D eigenvalue weighted by atomic mass is 35.5. The van der Waals surface area contributed by atoms with Crippen molar-refractivity contribution in [3.63, 3.8) is 0 Å². The Morgan fingerprint density at radius 3 is 2.62 bits per heavy atom. The van der Waals surface area contributed by atoms with Crippen LogP contribution in [0.4, 0.5) is 0 Å². The summed E-state index contributed by atoms with van der Waals surface area (Å²) in [6.07, 6.45) is -0.551. The zero-order valence-electron chi connectivity index (χ0n) is 17.8. The number of nitrogens with zero attached hydrogens (tertiary/aromatic N) is 2. The average Bonchev–Trinajstić information content (AvgIpc) is 3.37. The molecule has 3 aromatic rings. The van der Waals surface area contributed by atoms with Crippen molar-refractivity contribution < 1.29 is 14.7 Å². The molecular formula is C24H24ClN3O3S. The number of aryl methyl sites for hydroxylation is 2. The number of nitrogens with one attached hydrogen (secondary N) is 1. The maximum absolute atomic E-state index is 13.1. The van der Waals surface area contributed by atoms with Gasteiger partial charge in [0.1, 0.15) is 6.04 Å². The highest BCUT2D eigenvalue weighted by Gasteiger charge is 2.39. The Kier molecular flexibility index (Phi) is 6.60. The van der Waals surface area contributed by atoms with Gasteiger partial charge in [0.05, 0.1) is 32.8 Å². The van der Waals surface area contributed by atoms with Gasteiger partial charge in [-0.3, -0.25) is 9.59 Å². The van der Waals surface area contributed by atoms with Crippen molar-refractivity contribution in [1.82, 2.24) is 15.2 Å². The number of hydrogen-bond donors (Lipinski definition) is 2. The summed E-state index contributed by atoms with van der Waals surface area (Å²) >= 11 is 7.85. The normalized spacial score (nSPS) is 18.1. The predicted molar refractivity (Wildman–Crippen MR) is 126 cm³/mol. The number of aliphatic hydroxyl groups is 1. The number of amides is 2. The highest BCUT2D eigenvalue weighted by molar-refractivity contribution is 7.13. The van der Waals surface area contributed by atoms with Crippen molar-refractivity contribution in [3.8, 4) is 10.4 Å². The number of carbonyl (C=O) groups excluding carboxylic acids is 2. The number of hydrogen-bond acceptors (Lipinski definition) is 5. The van der Waals surface area contributed by atoms with Crippen LogP contribution in [0.25, 0.3) is 10.4 Å². The number of thiazole rings is 1. The Balaban J connectivity index is 1.44. The van der Waals surface area contributed by atoms with Crippen molar-refractivity contribution in [2.45, 2.75) is 39.0 Å². The quantitative estimate of drug-likeness (QED) is 0.592. The van der Waals surface area contributed by atoms with E-state index in [4.69, 9.17) is 11.6 Å². The number of β-amino-alcohol motifs (C(OH)–C–C–N with tert-alkyl or cyclic N) is 1. The van der Waals surface area contributed by atoms with Gasteiger partial charge < -0.3 is 15.3 Å². The molecule has 0 bridgehead atoms. The first-order valence-electron chi connectivity index (χ1n) is 10.4. The van der Waals surface area contributed by atoms with Crippen LogP contribution in [0.2, 0.25) is 5.02 Å². The first-order valence-corrected chi connectivity index (χ1v) is 11.6. The molecule has 1 saturated heterocycles. The summed E-state index contributed by atoms with van der Waals surface area (Å²) in [5.41, 5.74) is 5.96. The molecule has 0 saturated carbocycles. The highest BCUT2D eigenvalue weighted by Crippen LogP contribution is 2.28. The lowest BCUT2D eigenvalue weighted by atomic mass is 10.1. The van der Waals surface area contributed by atoms with Gasteiger partial charge in [0.25, 0.3) is 5.91 Å². The lowest BCUT2D eigenvalue weighted by molar-refractivity contribution is -0.125. The zero-order valence-corrected chi connectivity index (χ0v) is 19.4. The van der Waals surface area contributed by atoms with Crippen LogP contribution in [0.5, 0.6) is 0 Å². The maximum Gasteiger partial charge on any atom is 0.256 e. The first-order chi connectivity index (χ1) is 15.3. The van der Waals surface area contributed by atoms with Gasteiger partial charge in [0, 0.05) is 19.5 Å². The van der Waals surface area contributed by atoms with Crippen LogP contribution in [0.1, 0.15) is 33.6 Å². The molecule has 1 fully saturated rings. The summed E-state index contributed by atoms with van der Waals surface area (Å²) in [5, 5.41) is 13.4. The van der Waals surface area contributed by atoms with E-state index in [9.17, 15) is 14.7 Å². The predicted octanol–water partition coefficient (Wildman–Crippen LogP) is 3.97. The van der Waals surface area contributed by atoms with E-state index < -0.39 is 12.1 Å².